The Morgan fingerprint density at radius 1 is 1.24 bits per heavy atom. The van der Waals surface area contributed by atoms with Gasteiger partial charge in [0.25, 0.3) is 5.91 Å². The summed E-state index contributed by atoms with van der Waals surface area (Å²) in [5.41, 5.74) is 0.863. The molecule has 1 N–H and O–H groups in total. The number of aromatic amines is 1. The summed E-state index contributed by atoms with van der Waals surface area (Å²) in [6, 6.07) is 1.96. The first-order valence-electron chi connectivity index (χ1n) is 7.88. The number of likely N-dealkylation sites (tertiary alicyclic amines) is 2. The van der Waals surface area contributed by atoms with Crippen LogP contribution in [0.2, 0.25) is 0 Å². The quantitative estimate of drug-likeness (QED) is 0.895. The van der Waals surface area contributed by atoms with Crippen LogP contribution in [0.1, 0.15) is 41.7 Å². The van der Waals surface area contributed by atoms with Crippen molar-refractivity contribution in [3.8, 4) is 0 Å². The van der Waals surface area contributed by atoms with Gasteiger partial charge in [-0.1, -0.05) is 6.42 Å². The van der Waals surface area contributed by atoms with E-state index in [9.17, 15) is 9.59 Å². The molecule has 2 saturated heterocycles. The van der Waals surface area contributed by atoms with E-state index in [1.165, 1.54) is 25.3 Å². The van der Waals surface area contributed by atoms with E-state index in [4.69, 9.17) is 0 Å². The number of aryl methyl sites for hydroxylation is 1. The lowest BCUT2D eigenvalue weighted by molar-refractivity contribution is 0.0770. The molecule has 114 valence electrons. The second-order valence-corrected chi connectivity index (χ2v) is 6.18. The van der Waals surface area contributed by atoms with Gasteiger partial charge in [0, 0.05) is 37.1 Å². The first kappa shape index (κ1) is 14.3. The summed E-state index contributed by atoms with van der Waals surface area (Å²) in [7, 11) is 0. The number of hydrogen-bond acceptors (Lipinski definition) is 3. The molecular formula is C16H23N3O2. The molecule has 1 amide bonds. The second-order valence-electron chi connectivity index (χ2n) is 6.18. The van der Waals surface area contributed by atoms with Crippen molar-refractivity contribution in [2.45, 2.75) is 38.6 Å². The number of aromatic nitrogens is 1. The number of piperidine rings is 1. The minimum atomic E-state index is -0.183. The summed E-state index contributed by atoms with van der Waals surface area (Å²) in [5, 5.41) is 0. The monoisotopic (exact) mass is 289 g/mol. The maximum absolute atomic E-state index is 12.5. The molecule has 1 aromatic heterocycles. The van der Waals surface area contributed by atoms with Crippen LogP contribution in [0.5, 0.6) is 0 Å². The SMILES string of the molecule is Cc1cc(=O)c(C(=O)N2CCC(N3CCCCC3)C2)c[nH]1. The Kier molecular flexibility index (Phi) is 4.10. The van der Waals surface area contributed by atoms with Crippen molar-refractivity contribution in [2.24, 2.45) is 0 Å². The molecule has 0 aromatic carbocycles. The van der Waals surface area contributed by atoms with Gasteiger partial charge in [-0.05, 0) is 39.3 Å². The Hall–Kier alpha value is -1.62. The van der Waals surface area contributed by atoms with Crippen molar-refractivity contribution in [3.05, 3.63) is 33.7 Å². The summed E-state index contributed by atoms with van der Waals surface area (Å²) >= 11 is 0. The molecule has 3 heterocycles. The molecule has 0 saturated carbocycles. The van der Waals surface area contributed by atoms with Gasteiger partial charge >= 0.3 is 0 Å². The molecule has 21 heavy (non-hydrogen) atoms. The highest BCUT2D eigenvalue weighted by Crippen LogP contribution is 2.21. The zero-order valence-electron chi connectivity index (χ0n) is 12.6. The Bertz CT molecular complexity index is 575. The van der Waals surface area contributed by atoms with Gasteiger partial charge in [-0.25, -0.2) is 0 Å². The summed E-state index contributed by atoms with van der Waals surface area (Å²) in [6.07, 6.45) is 6.43. The van der Waals surface area contributed by atoms with E-state index in [2.05, 4.69) is 9.88 Å². The van der Waals surface area contributed by atoms with Gasteiger partial charge < -0.3 is 9.88 Å². The number of amides is 1. The first-order chi connectivity index (χ1) is 10.1. The van der Waals surface area contributed by atoms with Crippen LogP contribution in [0.3, 0.4) is 0 Å². The predicted octanol–water partition coefficient (Wildman–Crippen LogP) is 1.38. The van der Waals surface area contributed by atoms with E-state index in [0.29, 0.717) is 6.04 Å². The fourth-order valence-electron chi connectivity index (χ4n) is 3.42. The Labute approximate surface area is 124 Å². The lowest BCUT2D eigenvalue weighted by Crippen LogP contribution is -2.42. The van der Waals surface area contributed by atoms with E-state index < -0.39 is 0 Å². The summed E-state index contributed by atoms with van der Waals surface area (Å²) in [5.74, 6) is -0.129. The topological polar surface area (TPSA) is 56.4 Å². The standard InChI is InChI=1S/C16H23N3O2/c1-12-9-15(20)14(10-17-12)16(21)19-8-5-13(11-19)18-6-3-2-4-7-18/h9-10,13H,2-8,11H2,1H3,(H,17,20). The largest absolute Gasteiger partial charge is 0.364 e. The van der Waals surface area contributed by atoms with Gasteiger partial charge in [-0.3, -0.25) is 14.5 Å². The van der Waals surface area contributed by atoms with Crippen LogP contribution in [0.25, 0.3) is 0 Å². The molecule has 5 nitrogen and oxygen atoms in total. The number of carbonyl (C=O) groups is 1. The van der Waals surface area contributed by atoms with Crippen LogP contribution in [0.4, 0.5) is 0 Å². The van der Waals surface area contributed by atoms with Crippen LogP contribution in [-0.4, -0.2) is 52.9 Å². The number of nitrogens with one attached hydrogen (secondary N) is 1. The molecule has 2 aliphatic rings. The average Bonchev–Trinajstić information content (AvgIpc) is 2.97. The van der Waals surface area contributed by atoms with E-state index in [1.54, 1.807) is 6.20 Å². The highest BCUT2D eigenvalue weighted by atomic mass is 16.2. The van der Waals surface area contributed by atoms with Crippen molar-refractivity contribution >= 4 is 5.91 Å². The highest BCUT2D eigenvalue weighted by molar-refractivity contribution is 5.94. The van der Waals surface area contributed by atoms with Gasteiger partial charge in [0.05, 0.1) is 0 Å². The fraction of sp³-hybridized carbons (Fsp3) is 0.625. The lowest BCUT2D eigenvalue weighted by Gasteiger charge is -2.32. The van der Waals surface area contributed by atoms with Crippen molar-refractivity contribution < 1.29 is 4.79 Å². The van der Waals surface area contributed by atoms with Gasteiger partial charge in [-0.15, -0.1) is 0 Å². The molecular weight excluding hydrogens is 266 g/mol. The molecule has 1 aromatic rings. The third kappa shape index (κ3) is 3.02. The molecule has 0 spiro atoms. The highest BCUT2D eigenvalue weighted by Gasteiger charge is 2.31. The van der Waals surface area contributed by atoms with Crippen molar-refractivity contribution in [2.75, 3.05) is 26.2 Å². The smallest absolute Gasteiger partial charge is 0.259 e. The zero-order chi connectivity index (χ0) is 14.8. The maximum atomic E-state index is 12.5. The number of hydrogen-bond donors (Lipinski definition) is 1. The van der Waals surface area contributed by atoms with Crippen molar-refractivity contribution in [1.29, 1.82) is 0 Å². The molecule has 2 fully saturated rings. The second kappa shape index (κ2) is 6.02. The number of H-pyrrole nitrogens is 1. The molecule has 1 atom stereocenters. The number of carbonyl (C=O) groups excluding carboxylic acids is 1. The minimum absolute atomic E-state index is 0.129. The van der Waals surface area contributed by atoms with Gasteiger partial charge in [0.15, 0.2) is 5.43 Å². The third-order valence-corrected chi connectivity index (χ3v) is 4.65. The molecule has 2 aliphatic heterocycles. The summed E-state index contributed by atoms with van der Waals surface area (Å²) in [4.78, 5) is 31.7. The normalized spacial score (nSPS) is 23.5. The van der Waals surface area contributed by atoms with Crippen molar-refractivity contribution in [3.63, 3.8) is 0 Å². The minimum Gasteiger partial charge on any atom is -0.364 e. The van der Waals surface area contributed by atoms with Crippen LogP contribution >= 0.6 is 0 Å². The molecule has 0 radical (unpaired) electrons. The molecule has 5 heteroatoms. The zero-order valence-corrected chi connectivity index (χ0v) is 12.6. The average molecular weight is 289 g/mol. The Morgan fingerprint density at radius 2 is 2.00 bits per heavy atom. The number of nitrogens with zero attached hydrogens (tertiary/aromatic N) is 2. The van der Waals surface area contributed by atoms with Crippen LogP contribution < -0.4 is 5.43 Å². The third-order valence-electron chi connectivity index (χ3n) is 4.65. The molecule has 3 rings (SSSR count). The number of rotatable bonds is 2. The summed E-state index contributed by atoms with van der Waals surface area (Å²) in [6.45, 7) is 5.63. The van der Waals surface area contributed by atoms with E-state index in [0.717, 1.165) is 38.3 Å². The van der Waals surface area contributed by atoms with Crippen LogP contribution in [0.15, 0.2) is 17.1 Å². The van der Waals surface area contributed by atoms with E-state index in [-0.39, 0.29) is 16.9 Å². The molecule has 1 unspecified atom stereocenters. The molecule has 0 bridgehead atoms. The summed E-state index contributed by atoms with van der Waals surface area (Å²) < 4.78 is 0. The number of pyridine rings is 1. The Balaban J connectivity index is 1.67. The predicted molar refractivity (Wildman–Crippen MR) is 81.5 cm³/mol. The van der Waals surface area contributed by atoms with Crippen LogP contribution in [-0.2, 0) is 0 Å². The molecule has 0 aliphatic carbocycles. The van der Waals surface area contributed by atoms with Gasteiger partial charge in [-0.2, -0.15) is 0 Å². The van der Waals surface area contributed by atoms with Crippen molar-refractivity contribution in [1.82, 2.24) is 14.8 Å². The lowest BCUT2D eigenvalue weighted by atomic mass is 10.1. The first-order valence-corrected chi connectivity index (χ1v) is 7.88. The van der Waals surface area contributed by atoms with Gasteiger partial charge in [0.2, 0.25) is 0 Å². The fourth-order valence-corrected chi connectivity index (χ4v) is 3.42. The van der Waals surface area contributed by atoms with E-state index in [1.807, 2.05) is 11.8 Å². The van der Waals surface area contributed by atoms with Crippen LogP contribution in [0, 0.1) is 6.92 Å². The van der Waals surface area contributed by atoms with Gasteiger partial charge in [0.1, 0.15) is 5.56 Å². The Morgan fingerprint density at radius 3 is 2.71 bits per heavy atom. The van der Waals surface area contributed by atoms with E-state index >= 15 is 0 Å². The maximum Gasteiger partial charge on any atom is 0.259 e.